The first-order valence-corrected chi connectivity index (χ1v) is 7.55. The molecule has 0 aliphatic heterocycles. The van der Waals surface area contributed by atoms with Crippen LogP contribution in [0.15, 0.2) is 33.1 Å². The standard InChI is InChI=1S/C12H12BrNS2/c1-8-5-9(2)14-12(6-8)15-7-10-3-4-11(13)16-10/h3-6H,7H2,1-2H3. The van der Waals surface area contributed by atoms with Gasteiger partial charge in [-0.1, -0.05) is 0 Å². The fraction of sp³-hybridized carbons (Fsp3) is 0.250. The summed E-state index contributed by atoms with van der Waals surface area (Å²) < 4.78 is 1.19. The van der Waals surface area contributed by atoms with Crippen LogP contribution in [-0.4, -0.2) is 4.98 Å². The predicted octanol–water partition coefficient (Wildman–Crippen LogP) is 4.81. The van der Waals surface area contributed by atoms with Crippen LogP contribution in [0, 0.1) is 13.8 Å². The van der Waals surface area contributed by atoms with Crippen LogP contribution in [0.5, 0.6) is 0 Å². The average Bonchev–Trinajstić information content (AvgIpc) is 2.60. The molecule has 2 aromatic heterocycles. The Labute approximate surface area is 112 Å². The second-order valence-corrected chi connectivity index (χ2v) is 7.16. The fourth-order valence-electron chi connectivity index (χ4n) is 1.45. The van der Waals surface area contributed by atoms with E-state index in [1.807, 2.05) is 6.92 Å². The molecule has 4 heteroatoms. The van der Waals surface area contributed by atoms with E-state index in [0.29, 0.717) is 0 Å². The summed E-state index contributed by atoms with van der Waals surface area (Å²) in [6.45, 7) is 4.15. The van der Waals surface area contributed by atoms with E-state index in [9.17, 15) is 0 Å². The van der Waals surface area contributed by atoms with E-state index in [0.717, 1.165) is 16.5 Å². The van der Waals surface area contributed by atoms with Gasteiger partial charge in [-0.05, 0) is 59.6 Å². The fourth-order valence-corrected chi connectivity index (χ4v) is 4.01. The zero-order valence-corrected chi connectivity index (χ0v) is 12.4. The van der Waals surface area contributed by atoms with Gasteiger partial charge in [0.2, 0.25) is 0 Å². The monoisotopic (exact) mass is 313 g/mol. The van der Waals surface area contributed by atoms with Gasteiger partial charge in [-0.2, -0.15) is 0 Å². The lowest BCUT2D eigenvalue weighted by molar-refractivity contribution is 1.05. The number of aromatic nitrogens is 1. The van der Waals surface area contributed by atoms with Crippen molar-refractivity contribution in [2.75, 3.05) is 0 Å². The van der Waals surface area contributed by atoms with Gasteiger partial charge in [0.25, 0.3) is 0 Å². The summed E-state index contributed by atoms with van der Waals surface area (Å²) in [4.78, 5) is 5.88. The third kappa shape index (κ3) is 3.34. The molecule has 16 heavy (non-hydrogen) atoms. The normalized spacial score (nSPS) is 10.7. The van der Waals surface area contributed by atoms with Crippen LogP contribution in [0.4, 0.5) is 0 Å². The van der Waals surface area contributed by atoms with Gasteiger partial charge < -0.3 is 0 Å². The summed E-state index contributed by atoms with van der Waals surface area (Å²) in [6.07, 6.45) is 0. The number of hydrogen-bond donors (Lipinski definition) is 0. The average molecular weight is 314 g/mol. The molecular weight excluding hydrogens is 302 g/mol. The molecule has 0 fully saturated rings. The Hall–Kier alpha value is -0.320. The molecule has 0 N–H and O–H groups in total. The van der Waals surface area contributed by atoms with Crippen molar-refractivity contribution in [1.29, 1.82) is 0 Å². The minimum atomic E-state index is 0.992. The molecular formula is C12H12BrNS2. The minimum Gasteiger partial charge on any atom is -0.247 e. The molecule has 2 heterocycles. The van der Waals surface area contributed by atoms with Crippen molar-refractivity contribution >= 4 is 39.0 Å². The lowest BCUT2D eigenvalue weighted by Crippen LogP contribution is -1.87. The van der Waals surface area contributed by atoms with E-state index in [1.165, 1.54) is 14.2 Å². The van der Waals surface area contributed by atoms with Gasteiger partial charge in [-0.15, -0.1) is 23.1 Å². The summed E-state index contributed by atoms with van der Waals surface area (Å²) in [7, 11) is 0. The van der Waals surface area contributed by atoms with Gasteiger partial charge in [-0.25, -0.2) is 4.98 Å². The molecule has 0 amide bonds. The van der Waals surface area contributed by atoms with Gasteiger partial charge >= 0.3 is 0 Å². The van der Waals surface area contributed by atoms with Crippen molar-refractivity contribution in [1.82, 2.24) is 4.98 Å². The maximum Gasteiger partial charge on any atom is 0.0969 e. The van der Waals surface area contributed by atoms with Crippen LogP contribution in [0.3, 0.4) is 0 Å². The van der Waals surface area contributed by atoms with Crippen molar-refractivity contribution in [3.8, 4) is 0 Å². The molecule has 0 bridgehead atoms. The van der Waals surface area contributed by atoms with Crippen LogP contribution in [-0.2, 0) is 5.75 Å². The highest BCUT2D eigenvalue weighted by Crippen LogP contribution is 2.28. The van der Waals surface area contributed by atoms with Crippen molar-refractivity contribution in [3.05, 3.63) is 44.2 Å². The molecule has 0 aliphatic rings. The van der Waals surface area contributed by atoms with Gasteiger partial charge in [0.1, 0.15) is 0 Å². The van der Waals surface area contributed by atoms with Crippen LogP contribution >= 0.6 is 39.0 Å². The summed E-state index contributed by atoms with van der Waals surface area (Å²) in [6, 6.07) is 8.49. The van der Waals surface area contributed by atoms with Crippen LogP contribution in [0.1, 0.15) is 16.1 Å². The number of pyridine rings is 1. The highest BCUT2D eigenvalue weighted by atomic mass is 79.9. The largest absolute Gasteiger partial charge is 0.247 e. The van der Waals surface area contributed by atoms with E-state index in [4.69, 9.17) is 0 Å². The van der Waals surface area contributed by atoms with Crippen molar-refractivity contribution in [2.45, 2.75) is 24.6 Å². The Kier molecular flexibility index (Phi) is 4.05. The second-order valence-electron chi connectivity index (χ2n) is 3.62. The highest BCUT2D eigenvalue weighted by molar-refractivity contribution is 9.11. The lowest BCUT2D eigenvalue weighted by Gasteiger charge is -2.02. The van der Waals surface area contributed by atoms with Crippen molar-refractivity contribution < 1.29 is 0 Å². The van der Waals surface area contributed by atoms with Crippen LogP contribution in [0.2, 0.25) is 0 Å². The molecule has 0 saturated carbocycles. The summed E-state index contributed by atoms with van der Waals surface area (Å²) in [5, 5.41) is 1.11. The van der Waals surface area contributed by atoms with Gasteiger partial charge in [0.15, 0.2) is 0 Å². The van der Waals surface area contributed by atoms with E-state index in [-0.39, 0.29) is 0 Å². The Bertz CT molecular complexity index is 473. The molecule has 0 aliphatic carbocycles. The van der Waals surface area contributed by atoms with Gasteiger partial charge in [-0.3, -0.25) is 0 Å². The van der Waals surface area contributed by atoms with E-state index in [2.05, 4.69) is 52.1 Å². The van der Waals surface area contributed by atoms with E-state index >= 15 is 0 Å². The molecule has 2 aromatic rings. The molecule has 0 unspecified atom stereocenters. The van der Waals surface area contributed by atoms with Crippen molar-refractivity contribution in [2.24, 2.45) is 0 Å². The highest BCUT2D eigenvalue weighted by Gasteiger charge is 2.02. The molecule has 0 atom stereocenters. The number of nitrogens with zero attached hydrogens (tertiary/aromatic N) is 1. The molecule has 2 rings (SSSR count). The molecule has 84 valence electrons. The predicted molar refractivity (Wildman–Crippen MR) is 75.3 cm³/mol. The zero-order valence-electron chi connectivity index (χ0n) is 9.16. The van der Waals surface area contributed by atoms with E-state index in [1.54, 1.807) is 23.1 Å². The Morgan fingerprint density at radius 2 is 2.12 bits per heavy atom. The summed E-state index contributed by atoms with van der Waals surface area (Å²) in [5.41, 5.74) is 2.37. The summed E-state index contributed by atoms with van der Waals surface area (Å²) in [5.74, 6) is 0.992. The molecule has 0 saturated heterocycles. The van der Waals surface area contributed by atoms with Crippen molar-refractivity contribution in [3.63, 3.8) is 0 Å². The number of aryl methyl sites for hydroxylation is 2. The second kappa shape index (κ2) is 5.34. The quantitative estimate of drug-likeness (QED) is 0.754. The summed E-state index contributed by atoms with van der Waals surface area (Å²) >= 11 is 7.05. The number of hydrogen-bond acceptors (Lipinski definition) is 3. The molecule has 0 aromatic carbocycles. The number of thioether (sulfide) groups is 1. The first-order chi connectivity index (χ1) is 7.63. The number of halogens is 1. The number of thiophene rings is 1. The maximum atomic E-state index is 4.51. The third-order valence-electron chi connectivity index (χ3n) is 2.07. The lowest BCUT2D eigenvalue weighted by atomic mass is 10.3. The minimum absolute atomic E-state index is 0.992. The Balaban J connectivity index is 2.04. The molecule has 1 nitrogen and oxygen atoms in total. The van der Waals surface area contributed by atoms with Crippen LogP contribution in [0.25, 0.3) is 0 Å². The van der Waals surface area contributed by atoms with Gasteiger partial charge in [0, 0.05) is 16.3 Å². The Morgan fingerprint density at radius 1 is 1.31 bits per heavy atom. The smallest absolute Gasteiger partial charge is 0.0969 e. The molecule has 0 spiro atoms. The maximum absolute atomic E-state index is 4.51. The third-order valence-corrected chi connectivity index (χ3v) is 4.83. The number of rotatable bonds is 3. The van der Waals surface area contributed by atoms with E-state index < -0.39 is 0 Å². The molecule has 0 radical (unpaired) electrons. The SMILES string of the molecule is Cc1cc(C)nc(SCc2ccc(Br)s2)c1. The zero-order chi connectivity index (χ0) is 11.5. The first-order valence-electron chi connectivity index (χ1n) is 4.96. The first kappa shape index (κ1) is 12.1. The van der Waals surface area contributed by atoms with Gasteiger partial charge in [0.05, 0.1) is 8.81 Å². The van der Waals surface area contributed by atoms with Crippen LogP contribution < -0.4 is 0 Å². The Morgan fingerprint density at radius 3 is 2.75 bits per heavy atom. The topological polar surface area (TPSA) is 12.9 Å².